The molecule has 1 heterocycles. The maximum Gasteiger partial charge on any atom is 0.317 e. The van der Waals surface area contributed by atoms with Gasteiger partial charge >= 0.3 is 6.03 Å². The maximum absolute atomic E-state index is 12.7. The number of rotatable bonds is 4. The molecule has 0 aromatic heterocycles. The van der Waals surface area contributed by atoms with Crippen LogP contribution in [0.4, 0.5) is 4.79 Å². The van der Waals surface area contributed by atoms with Crippen LogP contribution in [0.15, 0.2) is 0 Å². The van der Waals surface area contributed by atoms with E-state index in [1.54, 1.807) is 7.11 Å². The highest BCUT2D eigenvalue weighted by Gasteiger charge is 2.60. The van der Waals surface area contributed by atoms with Gasteiger partial charge in [-0.3, -0.25) is 0 Å². The highest BCUT2D eigenvalue weighted by Crippen LogP contribution is 2.53. The number of carbonyl (C=O) groups excluding carboxylic acids is 1. The fourth-order valence-corrected chi connectivity index (χ4v) is 4.25. The van der Waals surface area contributed by atoms with Gasteiger partial charge in [0.25, 0.3) is 0 Å². The maximum atomic E-state index is 12.7. The molecule has 3 rings (SSSR count). The fraction of sp³-hybridized carbons (Fsp3) is 0.944. The van der Waals surface area contributed by atoms with E-state index in [0.717, 1.165) is 31.8 Å². The lowest BCUT2D eigenvalue weighted by molar-refractivity contribution is -0.198. The highest BCUT2D eigenvalue weighted by molar-refractivity contribution is 5.75. The molecule has 0 aromatic carbocycles. The smallest absolute Gasteiger partial charge is 0.317 e. The Bertz CT molecular complexity index is 463. The number of nitrogens with zero attached hydrogens (tertiary/aromatic N) is 1. The second-order valence-electron chi connectivity index (χ2n) is 8.40. The summed E-state index contributed by atoms with van der Waals surface area (Å²) < 4.78 is 11.5. The van der Waals surface area contributed by atoms with E-state index in [2.05, 4.69) is 26.1 Å². The molecular formula is C18H32N2O3. The van der Waals surface area contributed by atoms with E-state index in [1.807, 2.05) is 11.9 Å². The number of amides is 2. The van der Waals surface area contributed by atoms with Gasteiger partial charge in [-0.25, -0.2) is 4.79 Å². The first-order chi connectivity index (χ1) is 10.8. The summed E-state index contributed by atoms with van der Waals surface area (Å²) in [4.78, 5) is 14.5. The van der Waals surface area contributed by atoms with E-state index in [1.165, 1.54) is 12.8 Å². The molecule has 1 aliphatic heterocycles. The van der Waals surface area contributed by atoms with Crippen LogP contribution in [0.2, 0.25) is 0 Å². The Kier molecular flexibility index (Phi) is 4.38. The summed E-state index contributed by atoms with van der Waals surface area (Å²) in [5, 5.41) is 3.23. The number of ether oxygens (including phenoxy) is 2. The Balaban J connectivity index is 1.54. The predicted molar refractivity (Wildman–Crippen MR) is 89.4 cm³/mol. The molecule has 0 aromatic rings. The van der Waals surface area contributed by atoms with Crippen LogP contribution in [0.5, 0.6) is 0 Å². The standard InChI is InChI=1S/C18H32N2O3/c1-17(2)15(11-18(17,3)22-5)20(4)16(21)19-13-8-9-23-14(10-13)12-6-7-12/h12-15H,6-11H2,1-5H3,(H,19,21). The molecule has 0 bridgehead atoms. The molecule has 132 valence electrons. The lowest BCUT2D eigenvalue weighted by Crippen LogP contribution is -2.69. The van der Waals surface area contributed by atoms with Crippen LogP contribution < -0.4 is 5.32 Å². The average Bonchev–Trinajstić information content (AvgIpc) is 3.36. The lowest BCUT2D eigenvalue weighted by atomic mass is 9.55. The molecule has 0 spiro atoms. The van der Waals surface area contributed by atoms with Gasteiger partial charge in [-0.05, 0) is 44.9 Å². The van der Waals surface area contributed by atoms with Crippen molar-refractivity contribution in [1.82, 2.24) is 10.2 Å². The molecule has 3 fully saturated rings. The summed E-state index contributed by atoms with van der Waals surface area (Å²) in [6.45, 7) is 7.28. The Morgan fingerprint density at radius 1 is 1.26 bits per heavy atom. The molecular weight excluding hydrogens is 292 g/mol. The number of hydrogen-bond donors (Lipinski definition) is 1. The van der Waals surface area contributed by atoms with Crippen LogP contribution in [0.1, 0.15) is 52.9 Å². The lowest BCUT2D eigenvalue weighted by Gasteiger charge is -2.61. The van der Waals surface area contributed by atoms with Crippen LogP contribution >= 0.6 is 0 Å². The van der Waals surface area contributed by atoms with Crippen molar-refractivity contribution >= 4 is 6.03 Å². The zero-order valence-electron chi connectivity index (χ0n) is 15.2. The summed E-state index contributed by atoms with van der Waals surface area (Å²) in [7, 11) is 3.67. The molecule has 3 aliphatic rings. The van der Waals surface area contributed by atoms with Crippen molar-refractivity contribution in [3.8, 4) is 0 Å². The van der Waals surface area contributed by atoms with Gasteiger partial charge in [-0.1, -0.05) is 13.8 Å². The fourth-order valence-electron chi connectivity index (χ4n) is 4.25. The SMILES string of the molecule is COC1(C)CC(N(C)C(=O)NC2CCOC(C3CC3)C2)C1(C)C. The molecule has 2 saturated carbocycles. The van der Waals surface area contributed by atoms with Gasteiger partial charge in [0.1, 0.15) is 0 Å². The van der Waals surface area contributed by atoms with Gasteiger partial charge in [0, 0.05) is 38.3 Å². The van der Waals surface area contributed by atoms with Crippen LogP contribution in [0.3, 0.4) is 0 Å². The molecule has 4 atom stereocenters. The summed E-state index contributed by atoms with van der Waals surface area (Å²) in [6, 6.07) is 0.510. The minimum atomic E-state index is -0.151. The molecule has 2 amide bonds. The third-order valence-electron chi connectivity index (χ3n) is 6.81. The van der Waals surface area contributed by atoms with Gasteiger partial charge in [-0.15, -0.1) is 0 Å². The molecule has 1 N–H and O–H groups in total. The van der Waals surface area contributed by atoms with Gasteiger partial charge in [-0.2, -0.15) is 0 Å². The van der Waals surface area contributed by atoms with Crippen molar-refractivity contribution in [2.45, 2.75) is 76.7 Å². The summed E-state index contributed by atoms with van der Waals surface area (Å²) in [6.07, 6.45) is 5.71. The minimum absolute atomic E-state index is 0.0416. The largest absolute Gasteiger partial charge is 0.378 e. The molecule has 2 aliphatic carbocycles. The number of hydrogen-bond acceptors (Lipinski definition) is 3. The topological polar surface area (TPSA) is 50.8 Å². The van der Waals surface area contributed by atoms with Crippen molar-refractivity contribution in [1.29, 1.82) is 0 Å². The number of urea groups is 1. The van der Waals surface area contributed by atoms with E-state index < -0.39 is 0 Å². The van der Waals surface area contributed by atoms with Crippen molar-refractivity contribution in [2.75, 3.05) is 20.8 Å². The van der Waals surface area contributed by atoms with E-state index in [4.69, 9.17) is 9.47 Å². The molecule has 5 nitrogen and oxygen atoms in total. The zero-order valence-corrected chi connectivity index (χ0v) is 15.2. The number of methoxy groups -OCH3 is 1. The van der Waals surface area contributed by atoms with E-state index >= 15 is 0 Å². The monoisotopic (exact) mass is 324 g/mol. The highest BCUT2D eigenvalue weighted by atomic mass is 16.5. The second-order valence-corrected chi connectivity index (χ2v) is 8.40. The van der Waals surface area contributed by atoms with Gasteiger partial charge in [0.2, 0.25) is 0 Å². The number of nitrogens with one attached hydrogen (secondary N) is 1. The normalized spacial score (nSPS) is 39.4. The Morgan fingerprint density at radius 2 is 1.96 bits per heavy atom. The van der Waals surface area contributed by atoms with Crippen molar-refractivity contribution < 1.29 is 14.3 Å². The summed E-state index contributed by atoms with van der Waals surface area (Å²) >= 11 is 0. The van der Waals surface area contributed by atoms with Gasteiger partial charge < -0.3 is 19.7 Å². The molecule has 0 radical (unpaired) electrons. The van der Waals surface area contributed by atoms with Crippen LogP contribution in [-0.4, -0.2) is 55.5 Å². The van der Waals surface area contributed by atoms with Crippen LogP contribution in [0.25, 0.3) is 0 Å². The zero-order chi connectivity index (χ0) is 16.8. The van der Waals surface area contributed by atoms with Gasteiger partial charge in [0.05, 0.1) is 11.7 Å². The second kappa shape index (κ2) is 5.92. The molecule has 1 saturated heterocycles. The Labute approximate surface area is 140 Å². The molecule has 23 heavy (non-hydrogen) atoms. The first kappa shape index (κ1) is 17.0. The third kappa shape index (κ3) is 2.98. The van der Waals surface area contributed by atoms with Crippen molar-refractivity contribution in [2.24, 2.45) is 11.3 Å². The minimum Gasteiger partial charge on any atom is -0.378 e. The molecule has 4 unspecified atom stereocenters. The first-order valence-corrected chi connectivity index (χ1v) is 8.98. The predicted octanol–water partition coefficient (Wildman–Crippen LogP) is 2.79. The average molecular weight is 324 g/mol. The first-order valence-electron chi connectivity index (χ1n) is 8.98. The van der Waals surface area contributed by atoms with Crippen molar-refractivity contribution in [3.63, 3.8) is 0 Å². The van der Waals surface area contributed by atoms with E-state index in [-0.39, 0.29) is 29.1 Å². The summed E-state index contributed by atoms with van der Waals surface area (Å²) in [5.41, 5.74) is -0.192. The Hall–Kier alpha value is -0.810. The van der Waals surface area contributed by atoms with Crippen molar-refractivity contribution in [3.05, 3.63) is 0 Å². The Morgan fingerprint density at radius 3 is 2.52 bits per heavy atom. The van der Waals surface area contributed by atoms with E-state index in [0.29, 0.717) is 6.10 Å². The van der Waals surface area contributed by atoms with Crippen LogP contribution in [0, 0.1) is 11.3 Å². The quantitative estimate of drug-likeness (QED) is 0.865. The van der Waals surface area contributed by atoms with Gasteiger partial charge in [0.15, 0.2) is 0 Å². The van der Waals surface area contributed by atoms with E-state index in [9.17, 15) is 4.79 Å². The third-order valence-corrected chi connectivity index (χ3v) is 6.81. The molecule has 5 heteroatoms. The number of carbonyl (C=O) groups is 1. The van der Waals surface area contributed by atoms with Crippen LogP contribution in [-0.2, 0) is 9.47 Å². The summed E-state index contributed by atoms with van der Waals surface area (Å²) in [5.74, 6) is 0.736.